The Morgan fingerprint density at radius 1 is 1.29 bits per heavy atom. The van der Waals surface area contributed by atoms with E-state index in [1.807, 2.05) is 30.5 Å². The highest BCUT2D eigenvalue weighted by Crippen LogP contribution is 2.16. The lowest BCUT2D eigenvalue weighted by atomic mass is 10.1. The van der Waals surface area contributed by atoms with Crippen LogP contribution in [0.2, 0.25) is 0 Å². The van der Waals surface area contributed by atoms with Gasteiger partial charge in [0.1, 0.15) is 17.1 Å². The molecule has 0 radical (unpaired) electrons. The van der Waals surface area contributed by atoms with E-state index in [-0.39, 0.29) is 0 Å². The lowest BCUT2D eigenvalue weighted by Crippen LogP contribution is -2.29. The zero-order valence-corrected chi connectivity index (χ0v) is 9.73. The van der Waals surface area contributed by atoms with Crippen molar-refractivity contribution in [2.24, 2.45) is 0 Å². The van der Waals surface area contributed by atoms with Crippen LogP contribution in [0.5, 0.6) is 0 Å². The highest BCUT2D eigenvalue weighted by atomic mass is 15.2. The Hall–Kier alpha value is -2.35. The molecular weight excluding hydrogens is 214 g/mol. The van der Waals surface area contributed by atoms with Gasteiger partial charge in [0.25, 0.3) is 0 Å². The highest BCUT2D eigenvalue weighted by Gasteiger charge is 2.16. The fraction of sp³-hybridized carbons (Fsp3) is 0.250. The standard InChI is InChI=1S/C12H13N5/c1-12(2,8-13)15-11-6-5-10(16-17-11)9-4-3-7-14-9/h3-7,14H,1-2H3,(H,15,17). The van der Waals surface area contributed by atoms with Crippen LogP contribution < -0.4 is 5.32 Å². The molecule has 2 N–H and O–H groups in total. The van der Waals surface area contributed by atoms with Crippen molar-refractivity contribution in [2.75, 3.05) is 5.32 Å². The van der Waals surface area contributed by atoms with E-state index in [9.17, 15) is 0 Å². The van der Waals surface area contributed by atoms with Crippen molar-refractivity contribution < 1.29 is 0 Å². The lowest BCUT2D eigenvalue weighted by Gasteiger charge is -2.17. The van der Waals surface area contributed by atoms with Crippen LogP contribution in [0.3, 0.4) is 0 Å². The van der Waals surface area contributed by atoms with E-state index in [2.05, 4.69) is 26.6 Å². The summed E-state index contributed by atoms with van der Waals surface area (Å²) in [5.41, 5.74) is 1.04. The van der Waals surface area contributed by atoms with Crippen LogP contribution in [0.15, 0.2) is 30.5 Å². The van der Waals surface area contributed by atoms with Crippen molar-refractivity contribution in [3.8, 4) is 17.5 Å². The fourth-order valence-electron chi connectivity index (χ4n) is 1.38. The molecule has 5 nitrogen and oxygen atoms in total. The Morgan fingerprint density at radius 3 is 2.65 bits per heavy atom. The summed E-state index contributed by atoms with van der Waals surface area (Å²) in [4.78, 5) is 3.06. The molecule has 86 valence electrons. The average molecular weight is 227 g/mol. The molecule has 0 saturated carbocycles. The van der Waals surface area contributed by atoms with Crippen molar-refractivity contribution in [3.05, 3.63) is 30.5 Å². The van der Waals surface area contributed by atoms with Crippen molar-refractivity contribution in [1.29, 1.82) is 5.26 Å². The molecule has 0 spiro atoms. The van der Waals surface area contributed by atoms with Crippen LogP contribution in [0.25, 0.3) is 11.4 Å². The van der Waals surface area contributed by atoms with E-state index in [1.54, 1.807) is 13.8 Å². The van der Waals surface area contributed by atoms with Crippen molar-refractivity contribution >= 4 is 5.82 Å². The second-order valence-corrected chi connectivity index (χ2v) is 4.25. The molecule has 0 fully saturated rings. The Balaban J connectivity index is 2.17. The molecule has 0 aromatic carbocycles. The van der Waals surface area contributed by atoms with Gasteiger partial charge in [0.05, 0.1) is 11.8 Å². The molecule has 0 amide bonds. The van der Waals surface area contributed by atoms with E-state index in [0.29, 0.717) is 5.82 Å². The van der Waals surface area contributed by atoms with Gasteiger partial charge >= 0.3 is 0 Å². The van der Waals surface area contributed by atoms with E-state index < -0.39 is 5.54 Å². The summed E-state index contributed by atoms with van der Waals surface area (Å²) in [7, 11) is 0. The molecule has 17 heavy (non-hydrogen) atoms. The highest BCUT2D eigenvalue weighted by molar-refractivity contribution is 5.55. The number of nitrogens with zero attached hydrogens (tertiary/aromatic N) is 3. The lowest BCUT2D eigenvalue weighted by molar-refractivity contribution is 0.719. The monoisotopic (exact) mass is 227 g/mol. The second kappa shape index (κ2) is 4.26. The number of hydrogen-bond acceptors (Lipinski definition) is 4. The van der Waals surface area contributed by atoms with Gasteiger partial charge in [-0.15, -0.1) is 10.2 Å². The number of rotatable bonds is 3. The molecule has 5 heteroatoms. The molecule has 0 aliphatic carbocycles. The molecule has 0 saturated heterocycles. The van der Waals surface area contributed by atoms with E-state index in [1.165, 1.54) is 0 Å². The summed E-state index contributed by atoms with van der Waals surface area (Å²) < 4.78 is 0. The predicted molar refractivity (Wildman–Crippen MR) is 65.1 cm³/mol. The van der Waals surface area contributed by atoms with Gasteiger partial charge in [0, 0.05) is 6.20 Å². The molecule has 2 heterocycles. The molecule has 2 aromatic heterocycles. The zero-order valence-electron chi connectivity index (χ0n) is 9.73. The number of nitriles is 1. The largest absolute Gasteiger partial charge is 0.360 e. The minimum atomic E-state index is -0.650. The molecule has 0 aliphatic heterocycles. The first kappa shape index (κ1) is 11.1. The van der Waals surface area contributed by atoms with Crippen LogP contribution in [0, 0.1) is 11.3 Å². The third kappa shape index (κ3) is 2.61. The maximum atomic E-state index is 8.89. The third-order valence-corrected chi connectivity index (χ3v) is 2.26. The topological polar surface area (TPSA) is 77.4 Å². The van der Waals surface area contributed by atoms with Crippen LogP contribution in [0.1, 0.15) is 13.8 Å². The van der Waals surface area contributed by atoms with Gasteiger partial charge in [-0.3, -0.25) is 0 Å². The van der Waals surface area contributed by atoms with E-state index in [0.717, 1.165) is 11.4 Å². The normalized spacial score (nSPS) is 10.9. The maximum Gasteiger partial charge on any atom is 0.149 e. The van der Waals surface area contributed by atoms with Crippen LogP contribution in [0.4, 0.5) is 5.82 Å². The summed E-state index contributed by atoms with van der Waals surface area (Å²) in [6.45, 7) is 3.57. The molecule has 0 unspecified atom stereocenters. The van der Waals surface area contributed by atoms with Crippen LogP contribution in [-0.2, 0) is 0 Å². The van der Waals surface area contributed by atoms with Gasteiger partial charge in [-0.1, -0.05) is 0 Å². The maximum absolute atomic E-state index is 8.89. The number of H-pyrrole nitrogens is 1. The third-order valence-electron chi connectivity index (χ3n) is 2.26. The van der Waals surface area contributed by atoms with Gasteiger partial charge in [-0.25, -0.2) is 0 Å². The smallest absolute Gasteiger partial charge is 0.149 e. The van der Waals surface area contributed by atoms with Gasteiger partial charge in [-0.05, 0) is 38.1 Å². The number of hydrogen-bond donors (Lipinski definition) is 2. The summed E-state index contributed by atoms with van der Waals surface area (Å²) in [5.74, 6) is 0.590. The first-order valence-electron chi connectivity index (χ1n) is 5.28. The molecule has 0 atom stereocenters. The van der Waals surface area contributed by atoms with Gasteiger partial charge in [-0.2, -0.15) is 5.26 Å². The summed E-state index contributed by atoms with van der Waals surface area (Å²) in [6, 6.07) is 9.64. The van der Waals surface area contributed by atoms with Crippen molar-refractivity contribution in [1.82, 2.24) is 15.2 Å². The molecular formula is C12H13N5. The first-order chi connectivity index (χ1) is 8.11. The summed E-state index contributed by atoms with van der Waals surface area (Å²) >= 11 is 0. The molecule has 2 aromatic rings. The number of anilines is 1. The summed E-state index contributed by atoms with van der Waals surface area (Å²) in [6.07, 6.45) is 1.84. The predicted octanol–water partition coefficient (Wildman–Crippen LogP) is 2.19. The van der Waals surface area contributed by atoms with Gasteiger partial charge in [0.15, 0.2) is 0 Å². The van der Waals surface area contributed by atoms with E-state index >= 15 is 0 Å². The molecule has 2 rings (SSSR count). The zero-order chi connectivity index (χ0) is 12.3. The Bertz CT molecular complexity index is 519. The Kier molecular flexibility index (Phi) is 2.79. The second-order valence-electron chi connectivity index (χ2n) is 4.25. The quantitative estimate of drug-likeness (QED) is 0.842. The average Bonchev–Trinajstić information content (AvgIpc) is 2.83. The SMILES string of the molecule is CC(C)(C#N)Nc1ccc(-c2ccc[nH]2)nn1. The molecule has 0 bridgehead atoms. The van der Waals surface area contributed by atoms with Crippen molar-refractivity contribution in [2.45, 2.75) is 19.4 Å². The Labute approximate surface area is 99.5 Å². The first-order valence-corrected chi connectivity index (χ1v) is 5.28. The van der Waals surface area contributed by atoms with Gasteiger partial charge in [0.2, 0.25) is 0 Å². The number of aromatic nitrogens is 3. The summed E-state index contributed by atoms with van der Waals surface area (Å²) in [5, 5.41) is 20.0. The Morgan fingerprint density at radius 2 is 2.12 bits per heavy atom. The van der Waals surface area contributed by atoms with Crippen LogP contribution >= 0.6 is 0 Å². The number of nitrogens with one attached hydrogen (secondary N) is 2. The molecule has 0 aliphatic rings. The minimum Gasteiger partial charge on any atom is -0.360 e. The fourth-order valence-corrected chi connectivity index (χ4v) is 1.38. The van der Waals surface area contributed by atoms with E-state index in [4.69, 9.17) is 5.26 Å². The number of aromatic amines is 1. The van der Waals surface area contributed by atoms with Crippen molar-refractivity contribution in [3.63, 3.8) is 0 Å². The minimum absolute atomic E-state index is 0.590. The van der Waals surface area contributed by atoms with Crippen LogP contribution in [-0.4, -0.2) is 20.7 Å². The van der Waals surface area contributed by atoms with Gasteiger partial charge < -0.3 is 10.3 Å².